The summed E-state index contributed by atoms with van der Waals surface area (Å²) in [4.78, 5) is 15.7. The Balaban J connectivity index is 1.68. The highest BCUT2D eigenvalue weighted by Gasteiger charge is 2.15. The van der Waals surface area contributed by atoms with Crippen molar-refractivity contribution in [2.75, 3.05) is 13.1 Å². The second kappa shape index (κ2) is 5.37. The Bertz CT molecular complexity index is 304. The molecule has 1 aromatic rings. The van der Waals surface area contributed by atoms with E-state index in [0.717, 1.165) is 24.5 Å². The van der Waals surface area contributed by atoms with Gasteiger partial charge in [-0.25, -0.2) is 4.98 Å². The van der Waals surface area contributed by atoms with E-state index in [1.54, 1.807) is 17.5 Å². The SMILES string of the molecule is O=C(CCC1CCNC1)Cc1nccs1. The Kier molecular flexibility index (Phi) is 3.86. The number of rotatable bonds is 5. The quantitative estimate of drug-likeness (QED) is 0.827. The Hall–Kier alpha value is -0.740. The third kappa shape index (κ3) is 3.39. The van der Waals surface area contributed by atoms with Gasteiger partial charge in [-0.05, 0) is 31.8 Å². The minimum absolute atomic E-state index is 0.330. The van der Waals surface area contributed by atoms with Crippen LogP contribution in [0.4, 0.5) is 0 Å². The first-order chi connectivity index (χ1) is 7.34. The molecule has 1 aliphatic heterocycles. The van der Waals surface area contributed by atoms with E-state index in [-0.39, 0.29) is 0 Å². The van der Waals surface area contributed by atoms with Gasteiger partial charge in [0.25, 0.3) is 0 Å². The van der Waals surface area contributed by atoms with Crippen molar-refractivity contribution in [3.05, 3.63) is 16.6 Å². The average molecular weight is 224 g/mol. The lowest BCUT2D eigenvalue weighted by Crippen LogP contribution is -2.11. The summed E-state index contributed by atoms with van der Waals surface area (Å²) in [6.07, 6.45) is 5.26. The second-order valence-corrected chi connectivity index (χ2v) is 5.02. The highest BCUT2D eigenvalue weighted by molar-refractivity contribution is 7.09. The molecule has 0 aromatic carbocycles. The Morgan fingerprint density at radius 3 is 3.27 bits per heavy atom. The first-order valence-corrected chi connectivity index (χ1v) is 6.33. The van der Waals surface area contributed by atoms with Gasteiger partial charge in [0.15, 0.2) is 0 Å². The molecule has 0 amide bonds. The molecule has 1 fully saturated rings. The van der Waals surface area contributed by atoms with E-state index >= 15 is 0 Å². The van der Waals surface area contributed by atoms with E-state index in [4.69, 9.17) is 0 Å². The van der Waals surface area contributed by atoms with Gasteiger partial charge in [0.2, 0.25) is 0 Å². The molecule has 0 aliphatic carbocycles. The molecule has 3 nitrogen and oxygen atoms in total. The molecule has 4 heteroatoms. The smallest absolute Gasteiger partial charge is 0.139 e. The fraction of sp³-hybridized carbons (Fsp3) is 0.636. The molecule has 1 unspecified atom stereocenters. The van der Waals surface area contributed by atoms with Crippen molar-refractivity contribution >= 4 is 17.1 Å². The van der Waals surface area contributed by atoms with Gasteiger partial charge in [0.05, 0.1) is 11.4 Å². The van der Waals surface area contributed by atoms with Crippen LogP contribution < -0.4 is 5.32 Å². The third-order valence-electron chi connectivity index (χ3n) is 2.83. The molecule has 2 rings (SSSR count). The zero-order valence-corrected chi connectivity index (χ0v) is 9.55. The van der Waals surface area contributed by atoms with E-state index < -0.39 is 0 Å². The number of carbonyl (C=O) groups is 1. The predicted molar refractivity (Wildman–Crippen MR) is 61.0 cm³/mol. The molecular weight excluding hydrogens is 208 g/mol. The summed E-state index contributed by atoms with van der Waals surface area (Å²) in [5.74, 6) is 1.04. The maximum atomic E-state index is 11.6. The molecule has 1 aromatic heterocycles. The Morgan fingerprint density at radius 1 is 1.67 bits per heavy atom. The van der Waals surface area contributed by atoms with Gasteiger partial charge in [-0.1, -0.05) is 0 Å². The first kappa shape index (κ1) is 10.8. The highest BCUT2D eigenvalue weighted by Crippen LogP contribution is 2.15. The molecule has 1 saturated heterocycles. The normalized spacial score (nSPS) is 20.7. The van der Waals surface area contributed by atoms with Gasteiger partial charge in [0, 0.05) is 18.0 Å². The summed E-state index contributed by atoms with van der Waals surface area (Å²) in [7, 11) is 0. The topological polar surface area (TPSA) is 42.0 Å². The molecule has 15 heavy (non-hydrogen) atoms. The number of thiazole rings is 1. The molecular formula is C11H16N2OS. The lowest BCUT2D eigenvalue weighted by molar-refractivity contribution is -0.118. The molecule has 0 radical (unpaired) electrons. The lowest BCUT2D eigenvalue weighted by atomic mass is 10.0. The summed E-state index contributed by atoms with van der Waals surface area (Å²) >= 11 is 1.57. The van der Waals surface area contributed by atoms with Gasteiger partial charge in [-0.2, -0.15) is 0 Å². The zero-order chi connectivity index (χ0) is 10.5. The number of hydrogen-bond acceptors (Lipinski definition) is 4. The van der Waals surface area contributed by atoms with Crippen molar-refractivity contribution in [3.63, 3.8) is 0 Å². The van der Waals surface area contributed by atoms with Crippen LogP contribution in [-0.4, -0.2) is 23.9 Å². The van der Waals surface area contributed by atoms with E-state index in [2.05, 4.69) is 10.3 Å². The van der Waals surface area contributed by atoms with Gasteiger partial charge < -0.3 is 5.32 Å². The van der Waals surface area contributed by atoms with Crippen LogP contribution in [0.25, 0.3) is 0 Å². The summed E-state index contributed by atoms with van der Waals surface area (Å²) in [5, 5.41) is 6.19. The minimum atomic E-state index is 0.330. The Morgan fingerprint density at radius 2 is 2.60 bits per heavy atom. The summed E-state index contributed by atoms with van der Waals surface area (Å²) < 4.78 is 0. The fourth-order valence-electron chi connectivity index (χ4n) is 1.92. The number of Topliss-reactive ketones (excluding diaryl/α,β-unsaturated/α-hetero) is 1. The third-order valence-corrected chi connectivity index (χ3v) is 3.61. The molecule has 2 heterocycles. The minimum Gasteiger partial charge on any atom is -0.316 e. The molecule has 0 saturated carbocycles. The summed E-state index contributed by atoms with van der Waals surface area (Å²) in [6, 6.07) is 0. The van der Waals surface area contributed by atoms with E-state index in [1.807, 2.05) is 5.38 Å². The van der Waals surface area contributed by atoms with E-state index in [1.165, 1.54) is 6.42 Å². The maximum Gasteiger partial charge on any atom is 0.139 e. The van der Waals surface area contributed by atoms with Crippen molar-refractivity contribution in [3.8, 4) is 0 Å². The second-order valence-electron chi connectivity index (χ2n) is 4.04. The number of nitrogens with one attached hydrogen (secondary N) is 1. The van der Waals surface area contributed by atoms with Crippen molar-refractivity contribution in [1.82, 2.24) is 10.3 Å². The van der Waals surface area contributed by atoms with Gasteiger partial charge in [-0.15, -0.1) is 11.3 Å². The zero-order valence-electron chi connectivity index (χ0n) is 8.74. The average Bonchev–Trinajstić information content (AvgIpc) is 2.86. The van der Waals surface area contributed by atoms with Crippen LogP contribution in [0.3, 0.4) is 0 Å². The van der Waals surface area contributed by atoms with Crippen molar-refractivity contribution in [1.29, 1.82) is 0 Å². The van der Waals surface area contributed by atoms with E-state index in [0.29, 0.717) is 24.5 Å². The Labute approximate surface area is 93.9 Å². The van der Waals surface area contributed by atoms with Crippen LogP contribution in [0, 0.1) is 5.92 Å². The molecule has 0 spiro atoms. The standard InChI is InChI=1S/C11H16N2OS/c14-10(7-11-13-5-6-15-11)2-1-9-3-4-12-8-9/h5-6,9,12H,1-4,7-8H2. The highest BCUT2D eigenvalue weighted by atomic mass is 32.1. The molecule has 82 valence electrons. The van der Waals surface area contributed by atoms with Gasteiger partial charge in [0.1, 0.15) is 5.78 Å². The van der Waals surface area contributed by atoms with Crippen LogP contribution in [-0.2, 0) is 11.2 Å². The fourth-order valence-corrected chi connectivity index (χ4v) is 2.57. The monoisotopic (exact) mass is 224 g/mol. The van der Waals surface area contributed by atoms with Crippen LogP contribution in [0.1, 0.15) is 24.3 Å². The van der Waals surface area contributed by atoms with Crippen molar-refractivity contribution < 1.29 is 4.79 Å². The molecule has 1 N–H and O–H groups in total. The first-order valence-electron chi connectivity index (χ1n) is 5.45. The van der Waals surface area contributed by atoms with Crippen LogP contribution in [0.15, 0.2) is 11.6 Å². The van der Waals surface area contributed by atoms with Gasteiger partial charge >= 0.3 is 0 Å². The summed E-state index contributed by atoms with van der Waals surface area (Å²) in [6.45, 7) is 2.20. The van der Waals surface area contributed by atoms with Gasteiger partial charge in [-0.3, -0.25) is 4.79 Å². The maximum absolute atomic E-state index is 11.6. The predicted octanol–water partition coefficient (Wildman–Crippen LogP) is 1.64. The van der Waals surface area contributed by atoms with Crippen LogP contribution >= 0.6 is 11.3 Å². The lowest BCUT2D eigenvalue weighted by Gasteiger charge is -2.05. The number of aromatic nitrogens is 1. The van der Waals surface area contributed by atoms with Crippen molar-refractivity contribution in [2.45, 2.75) is 25.7 Å². The summed E-state index contributed by atoms with van der Waals surface area (Å²) in [5.41, 5.74) is 0. The van der Waals surface area contributed by atoms with Crippen molar-refractivity contribution in [2.24, 2.45) is 5.92 Å². The number of ketones is 1. The molecule has 1 aliphatic rings. The van der Waals surface area contributed by atoms with Crippen LogP contribution in [0.5, 0.6) is 0 Å². The number of carbonyl (C=O) groups excluding carboxylic acids is 1. The largest absolute Gasteiger partial charge is 0.316 e. The van der Waals surface area contributed by atoms with E-state index in [9.17, 15) is 4.79 Å². The molecule has 0 bridgehead atoms. The number of nitrogens with zero attached hydrogens (tertiary/aromatic N) is 1. The molecule has 1 atom stereocenters. The van der Waals surface area contributed by atoms with Crippen LogP contribution in [0.2, 0.25) is 0 Å². The number of hydrogen-bond donors (Lipinski definition) is 1.